The zero-order chi connectivity index (χ0) is 15.4. The Balaban J connectivity index is 1.75. The number of halogens is 1. The number of anilines is 1. The molecule has 3 aromatic heterocycles. The molecular formula is C16H14ClN3OS. The van der Waals surface area contributed by atoms with Crippen LogP contribution in [-0.2, 0) is 4.79 Å². The fourth-order valence-corrected chi connectivity index (χ4v) is 3.12. The van der Waals surface area contributed by atoms with Gasteiger partial charge in [-0.15, -0.1) is 0 Å². The van der Waals surface area contributed by atoms with Crippen molar-refractivity contribution in [1.82, 2.24) is 9.55 Å². The van der Waals surface area contributed by atoms with Crippen LogP contribution in [0.5, 0.6) is 0 Å². The second-order valence-electron chi connectivity index (χ2n) is 4.81. The van der Waals surface area contributed by atoms with Crippen molar-refractivity contribution in [2.45, 2.75) is 12.5 Å². The Bertz CT molecular complexity index is 706. The van der Waals surface area contributed by atoms with Crippen LogP contribution in [0, 0.1) is 0 Å². The molecule has 0 radical (unpaired) electrons. The number of hydrogen-bond donors (Lipinski definition) is 1. The van der Waals surface area contributed by atoms with Gasteiger partial charge in [0.2, 0.25) is 5.91 Å². The van der Waals surface area contributed by atoms with Crippen molar-refractivity contribution in [2.24, 2.45) is 0 Å². The van der Waals surface area contributed by atoms with Gasteiger partial charge in [-0.2, -0.15) is 11.3 Å². The van der Waals surface area contributed by atoms with Crippen molar-refractivity contribution in [3.05, 3.63) is 70.3 Å². The lowest BCUT2D eigenvalue weighted by molar-refractivity contribution is -0.116. The molecule has 6 heteroatoms. The van der Waals surface area contributed by atoms with Crippen molar-refractivity contribution < 1.29 is 4.79 Å². The summed E-state index contributed by atoms with van der Waals surface area (Å²) in [7, 11) is 0. The summed E-state index contributed by atoms with van der Waals surface area (Å²) in [6.45, 7) is 0. The molecule has 22 heavy (non-hydrogen) atoms. The number of carbonyl (C=O) groups excluding carboxylic acids is 1. The predicted molar refractivity (Wildman–Crippen MR) is 89.4 cm³/mol. The maximum Gasteiger partial charge on any atom is 0.227 e. The van der Waals surface area contributed by atoms with E-state index < -0.39 is 0 Å². The minimum Gasteiger partial charge on any atom is -0.346 e. The molecule has 0 aliphatic rings. The lowest BCUT2D eigenvalue weighted by Gasteiger charge is -2.17. The molecule has 1 atom stereocenters. The van der Waals surface area contributed by atoms with E-state index in [0.717, 1.165) is 5.56 Å². The quantitative estimate of drug-likeness (QED) is 0.761. The molecule has 0 aliphatic heterocycles. The molecular weight excluding hydrogens is 318 g/mol. The summed E-state index contributed by atoms with van der Waals surface area (Å²) in [5, 5.41) is 7.42. The first-order chi connectivity index (χ1) is 10.7. The first-order valence-electron chi connectivity index (χ1n) is 6.78. The zero-order valence-corrected chi connectivity index (χ0v) is 13.2. The first kappa shape index (κ1) is 14.8. The lowest BCUT2D eigenvalue weighted by atomic mass is 10.1. The molecule has 1 N–H and O–H groups in total. The number of hydrogen-bond acceptors (Lipinski definition) is 3. The number of rotatable bonds is 5. The molecule has 3 heterocycles. The van der Waals surface area contributed by atoms with E-state index in [0.29, 0.717) is 17.3 Å². The van der Waals surface area contributed by atoms with Gasteiger partial charge >= 0.3 is 0 Å². The van der Waals surface area contributed by atoms with Gasteiger partial charge in [0.25, 0.3) is 0 Å². The fraction of sp³-hybridized carbons (Fsp3) is 0.125. The molecule has 0 unspecified atom stereocenters. The smallest absolute Gasteiger partial charge is 0.227 e. The summed E-state index contributed by atoms with van der Waals surface area (Å²) >= 11 is 7.53. The third kappa shape index (κ3) is 3.55. The van der Waals surface area contributed by atoms with E-state index in [1.54, 1.807) is 29.7 Å². The van der Waals surface area contributed by atoms with Gasteiger partial charge in [0.1, 0.15) is 5.82 Å². The number of thiophene rings is 1. The molecule has 0 aromatic carbocycles. The monoisotopic (exact) mass is 331 g/mol. The third-order valence-electron chi connectivity index (χ3n) is 3.28. The highest BCUT2D eigenvalue weighted by molar-refractivity contribution is 7.08. The normalized spacial score (nSPS) is 12.0. The van der Waals surface area contributed by atoms with Crippen molar-refractivity contribution in [2.75, 3.05) is 5.32 Å². The molecule has 1 amide bonds. The summed E-state index contributed by atoms with van der Waals surface area (Å²) in [6, 6.07) is 9.23. The Morgan fingerprint density at radius 3 is 2.86 bits per heavy atom. The van der Waals surface area contributed by atoms with Crippen LogP contribution >= 0.6 is 22.9 Å². The van der Waals surface area contributed by atoms with Gasteiger partial charge in [-0.1, -0.05) is 11.6 Å². The number of carbonyl (C=O) groups is 1. The van der Waals surface area contributed by atoms with E-state index in [4.69, 9.17) is 11.6 Å². The Kier molecular flexibility index (Phi) is 4.56. The van der Waals surface area contributed by atoms with Crippen LogP contribution in [0.2, 0.25) is 5.02 Å². The van der Waals surface area contributed by atoms with Gasteiger partial charge in [-0.05, 0) is 46.7 Å². The van der Waals surface area contributed by atoms with Crippen LogP contribution < -0.4 is 5.32 Å². The van der Waals surface area contributed by atoms with Crippen molar-refractivity contribution in [3.8, 4) is 0 Å². The molecule has 0 fully saturated rings. The van der Waals surface area contributed by atoms with Gasteiger partial charge in [0, 0.05) is 23.6 Å². The molecule has 112 valence electrons. The number of aromatic nitrogens is 2. The molecule has 0 bridgehead atoms. The summed E-state index contributed by atoms with van der Waals surface area (Å²) in [5.74, 6) is 0.369. The topological polar surface area (TPSA) is 46.9 Å². The predicted octanol–water partition coefficient (Wildman–Crippen LogP) is 4.22. The minimum absolute atomic E-state index is 0.0274. The number of nitrogens with zero attached hydrogens (tertiary/aromatic N) is 2. The van der Waals surface area contributed by atoms with E-state index in [2.05, 4.69) is 15.7 Å². The summed E-state index contributed by atoms with van der Waals surface area (Å²) < 4.78 is 2.03. The molecule has 0 saturated heterocycles. The Labute approximate surface area is 137 Å². The fourth-order valence-electron chi connectivity index (χ4n) is 2.26. The SMILES string of the molecule is O=C(C[C@@H](c1ccsc1)n1cccc1)Nc1cc(Cl)ccn1. The van der Waals surface area contributed by atoms with Gasteiger partial charge in [-0.25, -0.2) is 4.98 Å². The van der Waals surface area contributed by atoms with Gasteiger partial charge < -0.3 is 9.88 Å². The van der Waals surface area contributed by atoms with Gasteiger partial charge in [-0.3, -0.25) is 4.79 Å². The van der Waals surface area contributed by atoms with Crippen molar-refractivity contribution in [3.63, 3.8) is 0 Å². The van der Waals surface area contributed by atoms with Crippen LogP contribution in [0.4, 0.5) is 5.82 Å². The van der Waals surface area contributed by atoms with Crippen LogP contribution in [0.15, 0.2) is 59.7 Å². The Morgan fingerprint density at radius 2 is 2.18 bits per heavy atom. The van der Waals surface area contributed by atoms with E-state index in [-0.39, 0.29) is 11.9 Å². The first-order valence-corrected chi connectivity index (χ1v) is 8.10. The van der Waals surface area contributed by atoms with E-state index in [1.807, 2.05) is 40.5 Å². The number of amides is 1. The Morgan fingerprint density at radius 1 is 1.36 bits per heavy atom. The molecule has 3 aromatic rings. The van der Waals surface area contributed by atoms with E-state index in [9.17, 15) is 4.79 Å². The largest absolute Gasteiger partial charge is 0.346 e. The van der Waals surface area contributed by atoms with Crippen LogP contribution in [0.1, 0.15) is 18.0 Å². The van der Waals surface area contributed by atoms with Crippen LogP contribution in [0.25, 0.3) is 0 Å². The van der Waals surface area contributed by atoms with Gasteiger partial charge in [0.05, 0.1) is 12.5 Å². The van der Waals surface area contributed by atoms with Gasteiger partial charge in [0.15, 0.2) is 0 Å². The summed E-state index contributed by atoms with van der Waals surface area (Å²) in [6.07, 6.45) is 5.83. The van der Waals surface area contributed by atoms with Crippen LogP contribution in [0.3, 0.4) is 0 Å². The highest BCUT2D eigenvalue weighted by Crippen LogP contribution is 2.25. The number of pyridine rings is 1. The maximum absolute atomic E-state index is 12.3. The molecule has 0 saturated carbocycles. The highest BCUT2D eigenvalue weighted by atomic mass is 35.5. The van der Waals surface area contributed by atoms with E-state index >= 15 is 0 Å². The highest BCUT2D eigenvalue weighted by Gasteiger charge is 2.18. The zero-order valence-electron chi connectivity index (χ0n) is 11.6. The van der Waals surface area contributed by atoms with Crippen molar-refractivity contribution >= 4 is 34.7 Å². The third-order valence-corrected chi connectivity index (χ3v) is 4.22. The molecule has 3 rings (SSSR count). The second-order valence-corrected chi connectivity index (χ2v) is 6.03. The second kappa shape index (κ2) is 6.77. The minimum atomic E-state index is -0.0975. The average molecular weight is 332 g/mol. The molecule has 0 spiro atoms. The standard InChI is InChI=1S/C16H14ClN3OS/c17-13-3-5-18-15(9-13)19-16(21)10-14(12-4-8-22-11-12)20-6-1-2-7-20/h1-9,11,14H,10H2,(H,18,19,21)/t14-/m0/s1. The summed E-state index contributed by atoms with van der Waals surface area (Å²) in [5.41, 5.74) is 1.12. The lowest BCUT2D eigenvalue weighted by Crippen LogP contribution is -2.19. The van der Waals surface area contributed by atoms with E-state index in [1.165, 1.54) is 0 Å². The maximum atomic E-state index is 12.3. The molecule has 4 nitrogen and oxygen atoms in total. The Hall–Kier alpha value is -2.11. The van der Waals surface area contributed by atoms with Crippen LogP contribution in [-0.4, -0.2) is 15.5 Å². The number of nitrogens with one attached hydrogen (secondary N) is 1. The average Bonchev–Trinajstić information content (AvgIpc) is 3.18. The molecule has 0 aliphatic carbocycles. The summed E-state index contributed by atoms with van der Waals surface area (Å²) in [4.78, 5) is 16.4. The van der Waals surface area contributed by atoms with Crippen molar-refractivity contribution in [1.29, 1.82) is 0 Å².